The third-order valence-electron chi connectivity index (χ3n) is 5.17. The zero-order valence-electron chi connectivity index (χ0n) is 12.5. The van der Waals surface area contributed by atoms with Crippen molar-refractivity contribution in [1.82, 2.24) is 9.62 Å². The predicted octanol–water partition coefficient (Wildman–Crippen LogP) is 0.810. The van der Waals surface area contributed by atoms with E-state index in [9.17, 15) is 8.42 Å². The van der Waals surface area contributed by atoms with Gasteiger partial charge in [0.25, 0.3) is 0 Å². The molecule has 0 amide bonds. The van der Waals surface area contributed by atoms with E-state index >= 15 is 0 Å². The molecule has 122 valence electrons. The second kappa shape index (κ2) is 5.33. The first kappa shape index (κ1) is 14.7. The molecule has 4 rings (SSSR count). The summed E-state index contributed by atoms with van der Waals surface area (Å²) in [5.41, 5.74) is 1.08. The quantitative estimate of drug-likeness (QED) is 0.837. The standard InChI is InChI=1S/C15H22N2O4S/c18-22(19,14-1-2-14)16-9-15-10-17(5-12-3-4-20-7-12)6-13(15)8-21-11-15/h3-4,7,13-14,16H,1-2,5-6,8-11H2/t13-,15+/m0/s1. The fourth-order valence-corrected chi connectivity index (χ4v) is 5.18. The van der Waals surface area contributed by atoms with Crippen molar-refractivity contribution in [3.63, 3.8) is 0 Å². The average molecular weight is 326 g/mol. The number of fused-ring (bicyclic) bond motifs is 1. The molecule has 0 unspecified atom stereocenters. The first-order valence-electron chi connectivity index (χ1n) is 7.87. The van der Waals surface area contributed by atoms with Crippen LogP contribution in [0.5, 0.6) is 0 Å². The van der Waals surface area contributed by atoms with Gasteiger partial charge >= 0.3 is 0 Å². The summed E-state index contributed by atoms with van der Waals surface area (Å²) in [6.45, 7) is 4.55. The number of rotatable bonds is 6. The van der Waals surface area contributed by atoms with E-state index in [-0.39, 0.29) is 10.7 Å². The minimum atomic E-state index is -3.12. The normalized spacial score (nSPS) is 32.5. The maximum atomic E-state index is 12.1. The van der Waals surface area contributed by atoms with E-state index in [0.717, 1.165) is 44.6 Å². The third kappa shape index (κ3) is 2.71. The molecule has 0 aromatic carbocycles. The molecule has 6 nitrogen and oxygen atoms in total. The number of hydrogen-bond acceptors (Lipinski definition) is 5. The molecule has 3 fully saturated rings. The summed E-state index contributed by atoms with van der Waals surface area (Å²) in [5.74, 6) is 0.404. The lowest BCUT2D eigenvalue weighted by atomic mass is 9.81. The lowest BCUT2D eigenvalue weighted by Gasteiger charge is -2.27. The molecule has 2 atom stereocenters. The van der Waals surface area contributed by atoms with Gasteiger partial charge in [0, 0.05) is 43.1 Å². The van der Waals surface area contributed by atoms with Crippen LogP contribution in [0.3, 0.4) is 0 Å². The van der Waals surface area contributed by atoms with Crippen LogP contribution >= 0.6 is 0 Å². The van der Waals surface area contributed by atoms with Crippen molar-refractivity contribution in [2.75, 3.05) is 32.8 Å². The van der Waals surface area contributed by atoms with Gasteiger partial charge in [0.2, 0.25) is 10.0 Å². The Morgan fingerprint density at radius 1 is 1.41 bits per heavy atom. The Kier molecular flexibility index (Phi) is 3.56. The Morgan fingerprint density at radius 3 is 3.00 bits per heavy atom. The Hall–Kier alpha value is -0.890. The summed E-state index contributed by atoms with van der Waals surface area (Å²) in [6.07, 6.45) is 5.06. The van der Waals surface area contributed by atoms with Crippen molar-refractivity contribution in [2.45, 2.75) is 24.6 Å². The fourth-order valence-electron chi connectivity index (χ4n) is 3.69. The summed E-state index contributed by atoms with van der Waals surface area (Å²) >= 11 is 0. The minimum Gasteiger partial charge on any atom is -0.472 e. The summed E-state index contributed by atoms with van der Waals surface area (Å²) in [7, 11) is -3.12. The van der Waals surface area contributed by atoms with Gasteiger partial charge in [-0.2, -0.15) is 0 Å². The molecule has 3 aliphatic rings. The number of nitrogens with zero attached hydrogens (tertiary/aromatic N) is 1. The largest absolute Gasteiger partial charge is 0.472 e. The zero-order chi connectivity index (χ0) is 15.2. The molecule has 2 aliphatic heterocycles. The van der Waals surface area contributed by atoms with Gasteiger partial charge in [-0.15, -0.1) is 0 Å². The van der Waals surface area contributed by atoms with E-state index in [2.05, 4.69) is 9.62 Å². The highest BCUT2D eigenvalue weighted by atomic mass is 32.2. The number of likely N-dealkylation sites (tertiary alicyclic amines) is 1. The Morgan fingerprint density at radius 2 is 2.27 bits per heavy atom. The van der Waals surface area contributed by atoms with Crippen LogP contribution in [0, 0.1) is 11.3 Å². The third-order valence-corrected chi connectivity index (χ3v) is 7.06. The average Bonchev–Trinajstić information content (AvgIpc) is 2.95. The molecule has 1 aromatic heterocycles. The first-order chi connectivity index (χ1) is 10.6. The molecule has 3 heterocycles. The SMILES string of the molecule is O=S(=O)(NC[C@@]12COC[C@@H]1CN(Cc1ccoc1)C2)C1CC1. The molecular formula is C15H22N2O4S. The summed E-state index contributed by atoms with van der Waals surface area (Å²) in [5, 5.41) is -0.159. The van der Waals surface area contributed by atoms with E-state index in [1.807, 2.05) is 6.07 Å². The maximum absolute atomic E-state index is 12.1. The van der Waals surface area contributed by atoms with E-state index < -0.39 is 10.0 Å². The maximum Gasteiger partial charge on any atom is 0.214 e. The zero-order valence-corrected chi connectivity index (χ0v) is 13.3. The second-order valence-corrected chi connectivity index (χ2v) is 8.99. The second-order valence-electron chi connectivity index (χ2n) is 6.94. The Labute approximate surface area is 130 Å². The van der Waals surface area contributed by atoms with Crippen LogP contribution in [0.2, 0.25) is 0 Å². The molecule has 7 heteroatoms. The molecule has 2 saturated heterocycles. The molecule has 0 bridgehead atoms. The molecule has 0 radical (unpaired) electrons. The monoisotopic (exact) mass is 326 g/mol. The lowest BCUT2D eigenvalue weighted by Crippen LogP contribution is -2.43. The van der Waals surface area contributed by atoms with Gasteiger partial charge in [0.1, 0.15) is 0 Å². The predicted molar refractivity (Wildman–Crippen MR) is 80.7 cm³/mol. The number of ether oxygens (including phenoxy) is 1. The van der Waals surface area contributed by atoms with Gasteiger partial charge in [0.15, 0.2) is 0 Å². The van der Waals surface area contributed by atoms with Crippen LogP contribution in [0.15, 0.2) is 23.0 Å². The van der Waals surface area contributed by atoms with Crippen LogP contribution in [-0.4, -0.2) is 51.4 Å². The molecule has 1 aliphatic carbocycles. The van der Waals surface area contributed by atoms with Crippen LogP contribution in [0.4, 0.5) is 0 Å². The van der Waals surface area contributed by atoms with Crippen LogP contribution < -0.4 is 4.72 Å². The van der Waals surface area contributed by atoms with Crippen molar-refractivity contribution in [3.8, 4) is 0 Å². The summed E-state index contributed by atoms with van der Waals surface area (Å²) in [6, 6.07) is 1.98. The molecular weight excluding hydrogens is 304 g/mol. The van der Waals surface area contributed by atoms with Crippen molar-refractivity contribution >= 4 is 10.0 Å². The molecule has 1 N–H and O–H groups in total. The van der Waals surface area contributed by atoms with E-state index in [1.165, 1.54) is 0 Å². The summed E-state index contributed by atoms with van der Waals surface area (Å²) in [4.78, 5) is 2.38. The van der Waals surface area contributed by atoms with Crippen molar-refractivity contribution in [3.05, 3.63) is 24.2 Å². The molecule has 1 saturated carbocycles. The van der Waals surface area contributed by atoms with Gasteiger partial charge in [-0.3, -0.25) is 4.90 Å². The Bertz CT molecular complexity index is 626. The van der Waals surface area contributed by atoms with E-state index in [4.69, 9.17) is 9.15 Å². The van der Waals surface area contributed by atoms with E-state index in [1.54, 1.807) is 12.5 Å². The topological polar surface area (TPSA) is 71.8 Å². The van der Waals surface area contributed by atoms with Crippen LogP contribution in [-0.2, 0) is 21.3 Å². The van der Waals surface area contributed by atoms with Crippen LogP contribution in [0.25, 0.3) is 0 Å². The van der Waals surface area contributed by atoms with Gasteiger partial charge in [-0.25, -0.2) is 13.1 Å². The highest BCUT2D eigenvalue weighted by Crippen LogP contribution is 2.41. The minimum absolute atomic E-state index is 0.0777. The van der Waals surface area contributed by atoms with Crippen molar-refractivity contribution < 1.29 is 17.6 Å². The number of nitrogens with one attached hydrogen (secondary N) is 1. The van der Waals surface area contributed by atoms with Crippen LogP contribution in [0.1, 0.15) is 18.4 Å². The molecule has 1 aromatic rings. The first-order valence-corrected chi connectivity index (χ1v) is 9.42. The van der Waals surface area contributed by atoms with Gasteiger partial charge in [-0.1, -0.05) is 0 Å². The number of sulfonamides is 1. The van der Waals surface area contributed by atoms with E-state index in [0.29, 0.717) is 19.1 Å². The van der Waals surface area contributed by atoms with Gasteiger partial charge < -0.3 is 9.15 Å². The Balaban J connectivity index is 1.42. The van der Waals surface area contributed by atoms with Crippen molar-refractivity contribution in [2.24, 2.45) is 11.3 Å². The fraction of sp³-hybridized carbons (Fsp3) is 0.733. The van der Waals surface area contributed by atoms with Gasteiger partial charge in [0.05, 0.1) is 31.0 Å². The smallest absolute Gasteiger partial charge is 0.214 e. The summed E-state index contributed by atoms with van der Waals surface area (Å²) < 4.78 is 37.8. The van der Waals surface area contributed by atoms with Gasteiger partial charge in [-0.05, 0) is 18.9 Å². The molecule has 0 spiro atoms. The highest BCUT2D eigenvalue weighted by molar-refractivity contribution is 7.90. The number of hydrogen-bond donors (Lipinski definition) is 1. The lowest BCUT2D eigenvalue weighted by molar-refractivity contribution is 0.128. The number of furan rings is 1. The van der Waals surface area contributed by atoms with Crippen molar-refractivity contribution in [1.29, 1.82) is 0 Å². The highest BCUT2D eigenvalue weighted by Gasteiger charge is 2.51. The molecule has 22 heavy (non-hydrogen) atoms.